The van der Waals surface area contributed by atoms with Crippen LogP contribution >= 0.6 is 0 Å². The Hall–Kier alpha value is -3.35. The van der Waals surface area contributed by atoms with Crippen molar-refractivity contribution in [3.8, 4) is 0 Å². The van der Waals surface area contributed by atoms with Gasteiger partial charge in [-0.05, 0) is 43.6 Å². The number of rotatable bonds is 6. The number of nitrogens with one attached hydrogen (secondary N) is 1. The lowest BCUT2D eigenvalue weighted by Crippen LogP contribution is -2.39. The molecule has 1 saturated carbocycles. The summed E-state index contributed by atoms with van der Waals surface area (Å²) in [6.07, 6.45) is 11.9. The molecule has 2 aliphatic rings. The topological polar surface area (TPSA) is 83.9 Å². The van der Waals surface area contributed by atoms with Crippen LogP contribution in [0.3, 0.4) is 0 Å². The summed E-state index contributed by atoms with van der Waals surface area (Å²) in [4.78, 5) is 32.7. The third kappa shape index (κ3) is 4.71. The lowest BCUT2D eigenvalue weighted by atomic mass is 9.90. The van der Waals surface area contributed by atoms with Crippen LogP contribution in [0.15, 0.2) is 55.2 Å². The lowest BCUT2D eigenvalue weighted by Gasteiger charge is -2.32. The molecule has 1 saturated heterocycles. The van der Waals surface area contributed by atoms with Gasteiger partial charge in [0, 0.05) is 19.0 Å². The molecule has 2 aromatic heterocycles. The number of nitrogens with zero attached hydrogens (tertiary/aromatic N) is 5. The predicted molar refractivity (Wildman–Crippen MR) is 118 cm³/mol. The Morgan fingerprint density at radius 1 is 1.00 bits per heavy atom. The van der Waals surface area contributed by atoms with Crippen LogP contribution in [0.2, 0.25) is 0 Å². The average molecular weight is 415 g/mol. The van der Waals surface area contributed by atoms with Gasteiger partial charge in [-0.25, -0.2) is 19.9 Å². The third-order valence-corrected chi connectivity index (χ3v) is 6.08. The van der Waals surface area contributed by atoms with E-state index in [4.69, 9.17) is 4.98 Å². The fraction of sp³-hybridized carbons (Fsp3) is 0.375. The maximum absolute atomic E-state index is 13.4. The minimum Gasteiger partial charge on any atom is -0.337 e. The van der Waals surface area contributed by atoms with Crippen LogP contribution in [0.25, 0.3) is 0 Å². The van der Waals surface area contributed by atoms with E-state index in [1.807, 2.05) is 4.90 Å². The van der Waals surface area contributed by atoms with Crippen molar-refractivity contribution < 1.29 is 4.79 Å². The number of piperidine rings is 1. The normalized spacial score (nSPS) is 16.8. The number of amides is 1. The van der Waals surface area contributed by atoms with Crippen molar-refractivity contribution in [2.24, 2.45) is 5.92 Å². The molecule has 1 N–H and O–H groups in total. The van der Waals surface area contributed by atoms with Gasteiger partial charge in [-0.15, -0.1) is 0 Å². The number of carbonyl (C=O) groups excluding carboxylic acids is 1. The molecular weight excluding hydrogens is 388 g/mol. The summed E-state index contributed by atoms with van der Waals surface area (Å²) < 4.78 is 0. The molecule has 0 atom stereocenters. The first-order valence-corrected chi connectivity index (χ1v) is 11.0. The van der Waals surface area contributed by atoms with E-state index in [1.165, 1.54) is 11.9 Å². The quantitative estimate of drug-likeness (QED) is 0.657. The number of anilines is 2. The van der Waals surface area contributed by atoms with Gasteiger partial charge >= 0.3 is 0 Å². The molecule has 2 fully saturated rings. The molecule has 1 aliphatic heterocycles. The summed E-state index contributed by atoms with van der Waals surface area (Å²) in [5.74, 6) is 1.46. The molecule has 7 heteroatoms. The molecule has 158 valence electrons. The van der Waals surface area contributed by atoms with E-state index in [0.717, 1.165) is 50.9 Å². The summed E-state index contributed by atoms with van der Waals surface area (Å²) in [5.41, 5.74) is 3.37. The fourth-order valence-corrected chi connectivity index (χ4v) is 4.16. The molecule has 31 heavy (non-hydrogen) atoms. The van der Waals surface area contributed by atoms with E-state index in [-0.39, 0.29) is 5.91 Å². The summed E-state index contributed by atoms with van der Waals surface area (Å²) >= 11 is 0. The van der Waals surface area contributed by atoms with Gasteiger partial charge in [0.25, 0.3) is 5.91 Å². The highest BCUT2D eigenvalue weighted by Crippen LogP contribution is 2.39. The lowest BCUT2D eigenvalue weighted by molar-refractivity contribution is 0.0685. The van der Waals surface area contributed by atoms with Crippen molar-refractivity contribution in [3.05, 3.63) is 72.2 Å². The van der Waals surface area contributed by atoms with Gasteiger partial charge in [-0.3, -0.25) is 4.79 Å². The van der Waals surface area contributed by atoms with Crippen molar-refractivity contribution in [1.29, 1.82) is 0 Å². The van der Waals surface area contributed by atoms with Crippen molar-refractivity contribution in [3.63, 3.8) is 0 Å². The van der Waals surface area contributed by atoms with Gasteiger partial charge in [-0.2, -0.15) is 0 Å². The summed E-state index contributed by atoms with van der Waals surface area (Å²) in [5, 5.41) is 3.17. The van der Waals surface area contributed by atoms with Crippen molar-refractivity contribution in [1.82, 2.24) is 24.8 Å². The molecule has 1 aromatic carbocycles. The van der Waals surface area contributed by atoms with Gasteiger partial charge in [0.2, 0.25) is 0 Å². The largest absolute Gasteiger partial charge is 0.337 e. The van der Waals surface area contributed by atoms with E-state index in [9.17, 15) is 4.79 Å². The number of hydrogen-bond donors (Lipinski definition) is 1. The van der Waals surface area contributed by atoms with Crippen molar-refractivity contribution in [2.75, 3.05) is 18.4 Å². The van der Waals surface area contributed by atoms with Crippen LogP contribution < -0.4 is 5.32 Å². The molecule has 0 spiro atoms. The minimum absolute atomic E-state index is 0.0486. The molecule has 1 aliphatic carbocycles. The molecule has 5 rings (SSSR count). The monoisotopic (exact) mass is 414 g/mol. The van der Waals surface area contributed by atoms with Crippen molar-refractivity contribution >= 4 is 17.4 Å². The Labute approximate surface area is 182 Å². The highest BCUT2D eigenvalue weighted by atomic mass is 16.2. The van der Waals surface area contributed by atoms with E-state index in [2.05, 4.69) is 50.6 Å². The fourth-order valence-electron chi connectivity index (χ4n) is 4.16. The van der Waals surface area contributed by atoms with E-state index in [0.29, 0.717) is 29.0 Å². The zero-order valence-electron chi connectivity index (χ0n) is 17.4. The average Bonchev–Trinajstić information content (AvgIpc) is 3.66. The Morgan fingerprint density at radius 2 is 1.74 bits per heavy atom. The second kappa shape index (κ2) is 8.79. The third-order valence-electron chi connectivity index (χ3n) is 6.08. The Kier molecular flexibility index (Phi) is 5.56. The number of benzene rings is 1. The van der Waals surface area contributed by atoms with Crippen LogP contribution in [-0.2, 0) is 6.42 Å². The first-order chi connectivity index (χ1) is 15.3. The number of carbonyl (C=O) groups is 1. The minimum atomic E-state index is -0.0486. The van der Waals surface area contributed by atoms with Crippen LogP contribution in [0.1, 0.15) is 53.3 Å². The molecule has 3 heterocycles. The Balaban J connectivity index is 1.30. The standard InChI is InChI=1S/C24H26N6O/c31-24(30-10-8-18(9-11-30)12-17-4-2-1-3-5-17)22-23(28-20-13-25-16-26-14-20)27-15-21(29-22)19-6-7-19/h1-5,13-16,18-19H,6-12H2,(H,27,28). The molecule has 0 unspecified atom stereocenters. The predicted octanol–water partition coefficient (Wildman–Crippen LogP) is 3.98. The van der Waals surface area contributed by atoms with E-state index >= 15 is 0 Å². The van der Waals surface area contributed by atoms with Crippen LogP contribution in [-0.4, -0.2) is 43.8 Å². The second-order valence-corrected chi connectivity index (χ2v) is 8.44. The molecule has 1 amide bonds. The molecule has 7 nitrogen and oxygen atoms in total. The second-order valence-electron chi connectivity index (χ2n) is 8.44. The highest BCUT2D eigenvalue weighted by Gasteiger charge is 2.30. The summed E-state index contributed by atoms with van der Waals surface area (Å²) in [7, 11) is 0. The van der Waals surface area contributed by atoms with Crippen LogP contribution in [0.4, 0.5) is 11.5 Å². The maximum Gasteiger partial charge on any atom is 0.276 e. The first-order valence-electron chi connectivity index (χ1n) is 11.0. The van der Waals surface area contributed by atoms with E-state index < -0.39 is 0 Å². The highest BCUT2D eigenvalue weighted by molar-refractivity contribution is 5.97. The number of likely N-dealkylation sites (tertiary alicyclic amines) is 1. The van der Waals surface area contributed by atoms with Gasteiger partial charge in [0.05, 0.1) is 30.0 Å². The maximum atomic E-state index is 13.4. The van der Waals surface area contributed by atoms with Crippen molar-refractivity contribution in [2.45, 2.75) is 38.0 Å². The van der Waals surface area contributed by atoms with Crippen LogP contribution in [0.5, 0.6) is 0 Å². The smallest absolute Gasteiger partial charge is 0.276 e. The zero-order valence-corrected chi connectivity index (χ0v) is 17.4. The van der Waals surface area contributed by atoms with Gasteiger partial charge in [0.1, 0.15) is 6.33 Å². The molecule has 0 radical (unpaired) electrons. The Morgan fingerprint density at radius 3 is 2.45 bits per heavy atom. The number of aromatic nitrogens is 4. The van der Waals surface area contributed by atoms with Gasteiger partial charge < -0.3 is 10.2 Å². The van der Waals surface area contributed by atoms with Crippen LogP contribution in [0, 0.1) is 5.92 Å². The van der Waals surface area contributed by atoms with Gasteiger partial charge in [-0.1, -0.05) is 30.3 Å². The number of hydrogen-bond acceptors (Lipinski definition) is 6. The van der Waals surface area contributed by atoms with Gasteiger partial charge in [0.15, 0.2) is 11.5 Å². The summed E-state index contributed by atoms with van der Waals surface area (Å²) in [6.45, 7) is 1.50. The summed E-state index contributed by atoms with van der Waals surface area (Å²) in [6, 6.07) is 10.6. The molecule has 0 bridgehead atoms. The van der Waals surface area contributed by atoms with E-state index in [1.54, 1.807) is 18.6 Å². The Bertz CT molecular complexity index is 1030. The molecular formula is C24H26N6O. The zero-order chi connectivity index (χ0) is 21.0. The molecule has 3 aromatic rings. The first kappa shape index (κ1) is 19.6. The SMILES string of the molecule is O=C(c1nc(C2CC2)cnc1Nc1cncnc1)N1CCC(Cc2ccccc2)CC1.